The summed E-state index contributed by atoms with van der Waals surface area (Å²) in [7, 11) is 0. The second-order valence-corrected chi connectivity index (χ2v) is 19.6. The maximum atomic E-state index is 5.76. The van der Waals surface area contributed by atoms with Crippen LogP contribution in [-0.4, -0.2) is 0 Å². The number of nitrogens with two attached hydrogens (primary N) is 1. The summed E-state index contributed by atoms with van der Waals surface area (Å²) in [4.78, 5) is 0. The van der Waals surface area contributed by atoms with Gasteiger partial charge in [0.2, 0.25) is 0 Å². The molecule has 0 saturated heterocycles. The molecule has 14 rings (SSSR count). The topological polar surface area (TPSA) is 38.0 Å². The fourth-order valence-electron chi connectivity index (χ4n) is 11.7. The lowest BCUT2D eigenvalue weighted by atomic mass is 9.68. The van der Waals surface area contributed by atoms with E-state index in [0.29, 0.717) is 0 Å². The molecule has 0 heterocycles. The van der Waals surface area contributed by atoms with Crippen LogP contribution in [0.15, 0.2) is 296 Å². The van der Waals surface area contributed by atoms with Crippen molar-refractivity contribution in [2.24, 2.45) is 0 Å². The summed E-state index contributed by atoms with van der Waals surface area (Å²) in [5, 5.41) is 8.45. The normalized spacial score (nSPS) is 13.0. The molecule has 0 amide bonds. The Bertz CT molecular complexity index is 3800. The van der Waals surface area contributed by atoms with E-state index in [1.807, 2.05) is 30.3 Å². The van der Waals surface area contributed by atoms with Crippen LogP contribution >= 0.6 is 15.9 Å². The van der Waals surface area contributed by atoms with Gasteiger partial charge in [0.05, 0.1) is 10.8 Å². The Hall–Kier alpha value is -8.76. The van der Waals surface area contributed by atoms with Crippen molar-refractivity contribution >= 4 is 54.5 Å². The van der Waals surface area contributed by atoms with Gasteiger partial charge in [-0.1, -0.05) is 271 Å². The molecule has 73 heavy (non-hydrogen) atoms. The van der Waals surface area contributed by atoms with Crippen LogP contribution in [0.5, 0.6) is 0 Å². The summed E-state index contributed by atoms with van der Waals surface area (Å²) < 4.78 is 1.10. The molecule has 0 saturated carbocycles. The molecular weight excluding hydrogens is 949 g/mol. The van der Waals surface area contributed by atoms with Crippen molar-refractivity contribution in [3.8, 4) is 22.3 Å². The molecule has 0 fully saturated rings. The number of halogens is 1. The molecule has 0 aromatic heterocycles. The number of nitrogens with one attached hydrogen (secondary N) is 1. The average molecular weight is 1000 g/mol. The van der Waals surface area contributed by atoms with Crippen molar-refractivity contribution in [2.45, 2.75) is 10.8 Å². The second kappa shape index (κ2) is 19.4. The Balaban J connectivity index is 0.000000127. The number of hydrogen-bond acceptors (Lipinski definition) is 2. The number of fused-ring (bicyclic) bond motifs is 8. The quantitative estimate of drug-likeness (QED) is 0.163. The zero-order chi connectivity index (χ0) is 49.2. The third kappa shape index (κ3) is 7.90. The summed E-state index contributed by atoms with van der Waals surface area (Å²) in [6.07, 6.45) is 0. The van der Waals surface area contributed by atoms with E-state index in [0.717, 1.165) is 26.9 Å². The number of rotatable bonds is 6. The van der Waals surface area contributed by atoms with Gasteiger partial charge in [0, 0.05) is 32.3 Å². The third-order valence-corrected chi connectivity index (χ3v) is 15.3. The Morgan fingerprint density at radius 3 is 1.10 bits per heavy atom. The van der Waals surface area contributed by atoms with E-state index >= 15 is 0 Å². The summed E-state index contributed by atoms with van der Waals surface area (Å²) in [6.45, 7) is 0. The lowest BCUT2D eigenvalue weighted by Crippen LogP contribution is -2.28. The highest BCUT2D eigenvalue weighted by molar-refractivity contribution is 9.10. The maximum Gasteiger partial charge on any atom is 0.0713 e. The fraction of sp³-hybridized carbons (Fsp3) is 0.0286. The molecule has 2 aliphatic carbocycles. The van der Waals surface area contributed by atoms with Gasteiger partial charge in [0.1, 0.15) is 0 Å². The lowest BCUT2D eigenvalue weighted by Gasteiger charge is -2.34. The first-order valence-corrected chi connectivity index (χ1v) is 25.7. The van der Waals surface area contributed by atoms with E-state index in [1.54, 1.807) is 0 Å². The van der Waals surface area contributed by atoms with Gasteiger partial charge in [0.25, 0.3) is 0 Å². The Labute approximate surface area is 436 Å². The molecule has 0 bridgehead atoms. The molecule has 0 atom stereocenters. The summed E-state index contributed by atoms with van der Waals surface area (Å²) >= 11 is 3.59. The van der Waals surface area contributed by atoms with Crippen LogP contribution in [0, 0.1) is 0 Å². The molecule has 2 aliphatic rings. The van der Waals surface area contributed by atoms with Gasteiger partial charge in [-0.2, -0.15) is 0 Å². The van der Waals surface area contributed by atoms with Crippen LogP contribution in [0.4, 0.5) is 17.1 Å². The maximum absolute atomic E-state index is 5.76. The molecule has 3 heteroatoms. The molecule has 2 nitrogen and oxygen atoms in total. The first kappa shape index (κ1) is 45.4. The SMILES string of the molecule is Brc1ccc(C2(c3ccccc3)c3ccccc3-c3ccccc32)cc1.Nc1cccc2ccccc12.c1ccc(C2(c3ccc(Nc4cccc5ccccc45)cc3)c3ccccc3-c3ccccc32)cc1. The van der Waals surface area contributed by atoms with Gasteiger partial charge in [-0.25, -0.2) is 0 Å². The molecule has 12 aromatic carbocycles. The Kier molecular flexibility index (Phi) is 12.1. The largest absolute Gasteiger partial charge is 0.398 e. The molecule has 12 aromatic rings. The molecule has 0 spiro atoms. The molecule has 0 aliphatic heterocycles. The summed E-state index contributed by atoms with van der Waals surface area (Å²) in [6, 6.07) is 104. The predicted molar refractivity (Wildman–Crippen MR) is 311 cm³/mol. The molecule has 0 radical (unpaired) electrons. The fourth-order valence-corrected chi connectivity index (χ4v) is 11.9. The Morgan fingerprint density at radius 1 is 0.288 bits per heavy atom. The summed E-state index contributed by atoms with van der Waals surface area (Å²) in [5.41, 5.74) is 24.0. The zero-order valence-corrected chi connectivity index (χ0v) is 41.8. The monoisotopic (exact) mass is 998 g/mol. The molecule has 348 valence electrons. The van der Waals surface area contributed by atoms with Gasteiger partial charge in [-0.05, 0) is 114 Å². The van der Waals surface area contributed by atoms with Crippen LogP contribution in [0.25, 0.3) is 43.8 Å². The van der Waals surface area contributed by atoms with Crippen LogP contribution in [0.2, 0.25) is 0 Å². The van der Waals surface area contributed by atoms with E-state index in [-0.39, 0.29) is 10.8 Å². The van der Waals surface area contributed by atoms with Crippen molar-refractivity contribution in [2.75, 3.05) is 11.1 Å². The van der Waals surface area contributed by atoms with Gasteiger partial charge in [-0.15, -0.1) is 0 Å². The average Bonchev–Trinajstić information content (AvgIpc) is 3.93. The summed E-state index contributed by atoms with van der Waals surface area (Å²) in [5.74, 6) is 0. The van der Waals surface area contributed by atoms with Crippen molar-refractivity contribution in [3.05, 3.63) is 340 Å². The van der Waals surface area contributed by atoms with Crippen LogP contribution in [-0.2, 0) is 10.8 Å². The minimum atomic E-state index is -0.355. The van der Waals surface area contributed by atoms with E-state index < -0.39 is 0 Å². The Morgan fingerprint density at radius 2 is 0.630 bits per heavy atom. The van der Waals surface area contributed by atoms with Crippen molar-refractivity contribution in [1.82, 2.24) is 0 Å². The molecule has 0 unspecified atom stereocenters. The van der Waals surface area contributed by atoms with E-state index in [1.165, 1.54) is 82.9 Å². The highest BCUT2D eigenvalue weighted by atomic mass is 79.9. The van der Waals surface area contributed by atoms with Crippen molar-refractivity contribution in [3.63, 3.8) is 0 Å². The standard InChI is InChI=1S/C35H25N.C25H17Br.C10H9N/c1-2-13-26(14-3-1)35(32-18-8-6-16-30(32)31-17-7-9-19-33(31)35)27-21-23-28(24-22-27)36-34-20-10-12-25-11-4-5-15-29(25)34;26-20-16-14-19(15-17-20)25(18-8-2-1-3-9-18)23-12-6-4-10-21(23)22-11-5-7-13-24(22)25;11-10-7-3-5-8-4-1-2-6-9(8)10/h1-24,36H;1-17H;1-7H,11H2. The van der Waals surface area contributed by atoms with E-state index in [2.05, 4.69) is 282 Å². The van der Waals surface area contributed by atoms with Crippen molar-refractivity contribution < 1.29 is 0 Å². The van der Waals surface area contributed by atoms with Crippen LogP contribution < -0.4 is 11.1 Å². The highest BCUT2D eigenvalue weighted by Gasteiger charge is 2.47. The third-order valence-electron chi connectivity index (χ3n) is 14.8. The number of nitrogen functional groups attached to an aromatic ring is 1. The van der Waals surface area contributed by atoms with Crippen molar-refractivity contribution in [1.29, 1.82) is 0 Å². The van der Waals surface area contributed by atoms with Gasteiger partial charge < -0.3 is 11.1 Å². The minimum absolute atomic E-state index is 0.283. The lowest BCUT2D eigenvalue weighted by molar-refractivity contribution is 0.768. The van der Waals surface area contributed by atoms with Crippen LogP contribution in [0.1, 0.15) is 44.5 Å². The molecular formula is C70H51BrN2. The van der Waals surface area contributed by atoms with Gasteiger partial charge in [-0.3, -0.25) is 0 Å². The van der Waals surface area contributed by atoms with Crippen LogP contribution in [0.3, 0.4) is 0 Å². The minimum Gasteiger partial charge on any atom is -0.398 e. The van der Waals surface area contributed by atoms with Gasteiger partial charge >= 0.3 is 0 Å². The number of hydrogen-bond donors (Lipinski definition) is 2. The van der Waals surface area contributed by atoms with E-state index in [9.17, 15) is 0 Å². The number of anilines is 3. The highest BCUT2D eigenvalue weighted by Crippen LogP contribution is 2.57. The number of benzene rings is 12. The first-order chi connectivity index (χ1) is 36.0. The van der Waals surface area contributed by atoms with Gasteiger partial charge in [0.15, 0.2) is 0 Å². The second-order valence-electron chi connectivity index (χ2n) is 18.7. The zero-order valence-electron chi connectivity index (χ0n) is 40.2. The molecule has 3 N–H and O–H groups in total. The smallest absolute Gasteiger partial charge is 0.0713 e. The first-order valence-electron chi connectivity index (χ1n) is 24.9. The predicted octanol–water partition coefficient (Wildman–Crippen LogP) is 18.2. The van der Waals surface area contributed by atoms with E-state index in [4.69, 9.17) is 5.73 Å².